The van der Waals surface area contributed by atoms with Crippen molar-refractivity contribution in [3.63, 3.8) is 0 Å². The van der Waals surface area contributed by atoms with E-state index < -0.39 is 0 Å². The number of carbonyl (C=O) groups is 1. The van der Waals surface area contributed by atoms with Crippen LogP contribution in [0, 0.1) is 0 Å². The van der Waals surface area contributed by atoms with E-state index in [0.717, 1.165) is 12.8 Å². The minimum atomic E-state index is -0.0511. The lowest BCUT2D eigenvalue weighted by Crippen LogP contribution is -2.37. The highest BCUT2D eigenvalue weighted by Gasteiger charge is 2.16. The topological polar surface area (TPSA) is 32.3 Å². The molecule has 1 aromatic carbocycles. The zero-order valence-corrected chi connectivity index (χ0v) is 12.9. The van der Waals surface area contributed by atoms with Crippen LogP contribution in [-0.2, 0) is 4.79 Å². The van der Waals surface area contributed by atoms with Crippen molar-refractivity contribution in [2.24, 2.45) is 0 Å². The van der Waals surface area contributed by atoms with Gasteiger partial charge in [0.2, 0.25) is 5.91 Å². The van der Waals surface area contributed by atoms with Gasteiger partial charge in [0, 0.05) is 11.7 Å². The van der Waals surface area contributed by atoms with Gasteiger partial charge in [0.1, 0.15) is 0 Å². The maximum absolute atomic E-state index is 12.0. The third kappa shape index (κ3) is 4.23. The van der Waals surface area contributed by atoms with Gasteiger partial charge < -0.3 is 5.32 Å². The first-order valence-corrected chi connectivity index (χ1v) is 7.43. The number of allylic oxidation sites excluding steroid dienone is 1. The molecule has 108 valence electrons. The van der Waals surface area contributed by atoms with Crippen molar-refractivity contribution in [2.45, 2.75) is 25.3 Å². The molecule has 0 aliphatic heterocycles. The molecule has 0 bridgehead atoms. The van der Waals surface area contributed by atoms with Gasteiger partial charge in [-0.3, -0.25) is 9.69 Å². The molecule has 1 amide bonds. The summed E-state index contributed by atoms with van der Waals surface area (Å²) in [6, 6.07) is 5.42. The third-order valence-electron chi connectivity index (χ3n) is 3.39. The Morgan fingerprint density at radius 3 is 2.85 bits per heavy atom. The highest BCUT2D eigenvalue weighted by Crippen LogP contribution is 2.25. The highest BCUT2D eigenvalue weighted by molar-refractivity contribution is 6.42. The van der Waals surface area contributed by atoms with Gasteiger partial charge in [0.05, 0.1) is 16.6 Å². The molecule has 1 atom stereocenters. The largest absolute Gasteiger partial charge is 0.325 e. The van der Waals surface area contributed by atoms with E-state index in [0.29, 0.717) is 28.3 Å². The van der Waals surface area contributed by atoms with Crippen LogP contribution in [0.3, 0.4) is 0 Å². The highest BCUT2D eigenvalue weighted by atomic mass is 35.5. The number of likely N-dealkylation sites (N-methyl/N-ethyl adjacent to an activating group) is 1. The van der Waals surface area contributed by atoms with Crippen molar-refractivity contribution in [3.05, 3.63) is 40.4 Å². The molecule has 0 heterocycles. The lowest BCUT2D eigenvalue weighted by Gasteiger charge is -2.27. The maximum Gasteiger partial charge on any atom is 0.238 e. The van der Waals surface area contributed by atoms with Gasteiger partial charge in [0.25, 0.3) is 0 Å². The number of amides is 1. The quantitative estimate of drug-likeness (QED) is 0.853. The summed E-state index contributed by atoms with van der Waals surface area (Å²) in [7, 11) is 1.97. The number of halogens is 2. The van der Waals surface area contributed by atoms with Crippen molar-refractivity contribution in [1.29, 1.82) is 0 Å². The van der Waals surface area contributed by atoms with Crippen molar-refractivity contribution in [1.82, 2.24) is 4.90 Å². The number of hydrogen-bond acceptors (Lipinski definition) is 2. The van der Waals surface area contributed by atoms with Crippen LogP contribution in [0.1, 0.15) is 19.3 Å². The van der Waals surface area contributed by atoms with E-state index in [2.05, 4.69) is 22.4 Å². The molecule has 1 aromatic rings. The third-order valence-corrected chi connectivity index (χ3v) is 4.13. The maximum atomic E-state index is 12.0. The predicted molar refractivity (Wildman–Crippen MR) is 84.5 cm³/mol. The lowest BCUT2D eigenvalue weighted by atomic mass is 10.0. The van der Waals surface area contributed by atoms with Crippen LogP contribution >= 0.6 is 23.2 Å². The number of rotatable bonds is 4. The zero-order valence-electron chi connectivity index (χ0n) is 11.4. The minimum absolute atomic E-state index is 0.0511. The van der Waals surface area contributed by atoms with E-state index in [9.17, 15) is 4.79 Å². The molecule has 5 heteroatoms. The fourth-order valence-corrected chi connectivity index (χ4v) is 2.58. The summed E-state index contributed by atoms with van der Waals surface area (Å²) in [4.78, 5) is 14.1. The SMILES string of the molecule is CN(CC(=O)Nc1ccc(Cl)c(Cl)c1)C1C=CCCC1. The van der Waals surface area contributed by atoms with Crippen LogP contribution in [0.25, 0.3) is 0 Å². The lowest BCUT2D eigenvalue weighted by molar-refractivity contribution is -0.117. The van der Waals surface area contributed by atoms with Crippen LogP contribution in [0.4, 0.5) is 5.69 Å². The van der Waals surface area contributed by atoms with Crippen molar-refractivity contribution < 1.29 is 4.79 Å². The molecule has 3 nitrogen and oxygen atoms in total. The summed E-state index contributed by atoms with van der Waals surface area (Å²) in [6.45, 7) is 0.356. The predicted octanol–water partition coefficient (Wildman–Crippen LogP) is 3.97. The average molecular weight is 313 g/mol. The Hall–Kier alpha value is -1.03. The van der Waals surface area contributed by atoms with E-state index in [4.69, 9.17) is 23.2 Å². The number of nitrogens with one attached hydrogen (secondary N) is 1. The Labute approximate surface area is 129 Å². The minimum Gasteiger partial charge on any atom is -0.325 e. The molecule has 0 saturated heterocycles. The second-order valence-corrected chi connectivity index (χ2v) is 5.83. The average Bonchev–Trinajstić information content (AvgIpc) is 2.44. The second-order valence-electron chi connectivity index (χ2n) is 5.02. The summed E-state index contributed by atoms with van der Waals surface area (Å²) in [5, 5.41) is 3.75. The molecule has 0 spiro atoms. The first-order valence-electron chi connectivity index (χ1n) is 6.68. The fraction of sp³-hybridized carbons (Fsp3) is 0.400. The first kappa shape index (κ1) is 15.4. The summed E-state index contributed by atoms with van der Waals surface area (Å²) in [6.07, 6.45) is 7.78. The molecule has 2 rings (SSSR count). The van der Waals surface area contributed by atoms with Gasteiger partial charge in [-0.15, -0.1) is 0 Å². The Morgan fingerprint density at radius 2 is 2.20 bits per heavy atom. The molecule has 1 aliphatic rings. The van der Waals surface area contributed by atoms with E-state index in [1.807, 2.05) is 7.05 Å². The molecular formula is C15H18Cl2N2O. The number of anilines is 1. The van der Waals surface area contributed by atoms with Crippen LogP contribution in [0.2, 0.25) is 10.0 Å². The van der Waals surface area contributed by atoms with Gasteiger partial charge in [-0.25, -0.2) is 0 Å². The van der Waals surface area contributed by atoms with Gasteiger partial charge in [-0.2, -0.15) is 0 Å². The smallest absolute Gasteiger partial charge is 0.238 e. The van der Waals surface area contributed by atoms with Crippen LogP contribution in [0.15, 0.2) is 30.4 Å². The normalized spacial score (nSPS) is 18.3. The van der Waals surface area contributed by atoms with Crippen LogP contribution in [-0.4, -0.2) is 30.4 Å². The van der Waals surface area contributed by atoms with Crippen molar-refractivity contribution in [3.8, 4) is 0 Å². The standard InChI is InChI=1S/C15H18Cl2N2O/c1-19(12-5-3-2-4-6-12)10-15(20)18-11-7-8-13(16)14(17)9-11/h3,5,7-9,12H,2,4,6,10H2,1H3,(H,18,20). The number of benzene rings is 1. The summed E-state index contributed by atoms with van der Waals surface area (Å²) < 4.78 is 0. The van der Waals surface area contributed by atoms with E-state index >= 15 is 0 Å². The van der Waals surface area contributed by atoms with Gasteiger partial charge in [-0.1, -0.05) is 35.4 Å². The van der Waals surface area contributed by atoms with E-state index in [-0.39, 0.29) is 5.91 Å². The molecule has 1 aliphatic carbocycles. The Balaban J connectivity index is 1.89. The van der Waals surface area contributed by atoms with Gasteiger partial charge >= 0.3 is 0 Å². The Kier molecular flexibility index (Phi) is 5.46. The Morgan fingerprint density at radius 1 is 1.40 bits per heavy atom. The van der Waals surface area contributed by atoms with Crippen molar-refractivity contribution in [2.75, 3.05) is 18.9 Å². The Bertz CT molecular complexity index is 517. The van der Waals surface area contributed by atoms with Crippen LogP contribution in [0.5, 0.6) is 0 Å². The number of nitrogens with zero attached hydrogens (tertiary/aromatic N) is 1. The van der Waals surface area contributed by atoms with Crippen LogP contribution < -0.4 is 5.32 Å². The van der Waals surface area contributed by atoms with Gasteiger partial charge in [-0.05, 0) is 44.5 Å². The first-order chi connectivity index (χ1) is 9.56. The zero-order chi connectivity index (χ0) is 14.5. The molecule has 0 fully saturated rings. The molecule has 0 aromatic heterocycles. The fourth-order valence-electron chi connectivity index (χ4n) is 2.28. The number of carbonyl (C=O) groups excluding carboxylic acids is 1. The van der Waals surface area contributed by atoms with Gasteiger partial charge in [0.15, 0.2) is 0 Å². The van der Waals surface area contributed by atoms with Crippen molar-refractivity contribution >= 4 is 34.8 Å². The summed E-state index contributed by atoms with van der Waals surface area (Å²) >= 11 is 11.8. The summed E-state index contributed by atoms with van der Waals surface area (Å²) in [5.41, 5.74) is 0.664. The molecule has 0 radical (unpaired) electrons. The molecule has 0 saturated carbocycles. The molecule has 1 unspecified atom stereocenters. The molecular weight excluding hydrogens is 295 g/mol. The number of hydrogen-bond donors (Lipinski definition) is 1. The second kappa shape index (κ2) is 7.11. The van der Waals surface area contributed by atoms with E-state index in [1.165, 1.54) is 6.42 Å². The molecule has 1 N–H and O–H groups in total. The summed E-state index contributed by atoms with van der Waals surface area (Å²) in [5.74, 6) is -0.0511. The molecule has 20 heavy (non-hydrogen) atoms. The monoisotopic (exact) mass is 312 g/mol. The van der Waals surface area contributed by atoms with E-state index in [1.54, 1.807) is 18.2 Å².